The molecule has 1 unspecified atom stereocenters. The van der Waals surface area contributed by atoms with E-state index in [1.165, 1.54) is 0 Å². The topological polar surface area (TPSA) is 85.5 Å². The molecular weight excluding hydrogens is 440 g/mol. The van der Waals surface area contributed by atoms with Gasteiger partial charge in [-0.2, -0.15) is 4.98 Å². The van der Waals surface area contributed by atoms with Gasteiger partial charge < -0.3 is 14.4 Å². The molecular formula is C29H26N2O4. The maximum Gasteiger partial charge on any atom is 0.344 e. The number of rotatable bonds is 9. The molecule has 176 valence electrons. The Hall–Kier alpha value is -4.19. The predicted molar refractivity (Wildman–Crippen MR) is 132 cm³/mol. The molecule has 4 aromatic rings. The molecule has 0 fully saturated rings. The highest BCUT2D eigenvalue weighted by Gasteiger charge is 2.25. The molecule has 6 heteroatoms. The lowest BCUT2D eigenvalue weighted by molar-refractivity contribution is -0.145. The van der Waals surface area contributed by atoms with Crippen LogP contribution in [-0.4, -0.2) is 27.3 Å². The maximum absolute atomic E-state index is 12.0. The van der Waals surface area contributed by atoms with Gasteiger partial charge in [0.25, 0.3) is 0 Å². The lowest BCUT2D eigenvalue weighted by Crippen LogP contribution is -2.28. The van der Waals surface area contributed by atoms with Gasteiger partial charge in [-0.15, -0.1) is 0 Å². The highest BCUT2D eigenvalue weighted by atomic mass is 16.5. The molecule has 1 aromatic heterocycles. The number of ether oxygens (including phenoxy) is 1. The molecule has 1 aliphatic carbocycles. The van der Waals surface area contributed by atoms with Crippen molar-refractivity contribution in [2.45, 2.75) is 37.7 Å². The smallest absolute Gasteiger partial charge is 0.344 e. The van der Waals surface area contributed by atoms with Crippen molar-refractivity contribution in [1.29, 1.82) is 0 Å². The van der Waals surface area contributed by atoms with Crippen LogP contribution < -0.4 is 4.74 Å². The van der Waals surface area contributed by atoms with Crippen LogP contribution in [0.4, 0.5) is 0 Å². The second kappa shape index (κ2) is 10.4. The molecule has 0 bridgehead atoms. The Bertz CT molecular complexity index is 1280. The van der Waals surface area contributed by atoms with Crippen LogP contribution in [0.2, 0.25) is 0 Å². The zero-order chi connectivity index (χ0) is 24.0. The number of aliphatic carboxylic acids is 1. The van der Waals surface area contributed by atoms with Crippen molar-refractivity contribution in [1.82, 2.24) is 10.1 Å². The summed E-state index contributed by atoms with van der Waals surface area (Å²) in [7, 11) is 0. The Kier molecular flexibility index (Phi) is 6.70. The van der Waals surface area contributed by atoms with Crippen molar-refractivity contribution in [3.63, 3.8) is 0 Å². The second-order valence-electron chi connectivity index (χ2n) is 8.55. The third-order valence-electron chi connectivity index (χ3n) is 6.20. The van der Waals surface area contributed by atoms with Crippen LogP contribution in [0.1, 0.15) is 52.7 Å². The lowest BCUT2D eigenvalue weighted by Gasteiger charge is -2.20. The number of carboxylic acids is 1. The average Bonchev–Trinajstić information content (AvgIpc) is 3.36. The Balaban J connectivity index is 1.33. The molecule has 0 saturated carbocycles. The summed E-state index contributed by atoms with van der Waals surface area (Å²) >= 11 is 0. The molecule has 0 radical (unpaired) electrons. The van der Waals surface area contributed by atoms with Crippen molar-refractivity contribution in [2.75, 3.05) is 0 Å². The highest BCUT2D eigenvalue weighted by Crippen LogP contribution is 2.32. The Morgan fingerprint density at radius 1 is 0.971 bits per heavy atom. The van der Waals surface area contributed by atoms with Crippen LogP contribution in [0.5, 0.6) is 5.75 Å². The van der Waals surface area contributed by atoms with Gasteiger partial charge in [0.15, 0.2) is 11.9 Å². The zero-order valence-corrected chi connectivity index (χ0v) is 19.2. The van der Waals surface area contributed by atoms with Crippen molar-refractivity contribution in [2.24, 2.45) is 0 Å². The fourth-order valence-corrected chi connectivity index (χ4v) is 4.46. The van der Waals surface area contributed by atoms with Crippen LogP contribution in [0.3, 0.4) is 0 Å². The fraction of sp³-hybridized carbons (Fsp3) is 0.207. The lowest BCUT2D eigenvalue weighted by atomic mass is 9.91. The largest absolute Gasteiger partial charge is 0.479 e. The van der Waals surface area contributed by atoms with Crippen LogP contribution >= 0.6 is 0 Å². The number of hydrogen-bond donors (Lipinski definition) is 1. The van der Waals surface area contributed by atoms with E-state index in [0.717, 1.165) is 35.1 Å². The van der Waals surface area contributed by atoms with Crippen LogP contribution in [-0.2, 0) is 17.6 Å². The van der Waals surface area contributed by atoms with Gasteiger partial charge in [0.1, 0.15) is 5.75 Å². The Morgan fingerprint density at radius 2 is 1.69 bits per heavy atom. The predicted octanol–water partition coefficient (Wildman–Crippen LogP) is 5.67. The number of carboxylic acid groups (broad SMARTS) is 1. The van der Waals surface area contributed by atoms with Crippen LogP contribution in [0.15, 0.2) is 89.5 Å². The highest BCUT2D eigenvalue weighted by molar-refractivity contribution is 5.73. The molecule has 1 aliphatic rings. The van der Waals surface area contributed by atoms with E-state index in [1.807, 2.05) is 78.9 Å². The first-order chi connectivity index (χ1) is 17.2. The van der Waals surface area contributed by atoms with Crippen LogP contribution in [0, 0.1) is 0 Å². The number of fused-ring (bicyclic) bond motifs is 1. The van der Waals surface area contributed by atoms with E-state index in [1.54, 1.807) is 0 Å². The first-order valence-electron chi connectivity index (χ1n) is 11.8. The molecule has 3 aromatic carbocycles. The quantitative estimate of drug-likeness (QED) is 0.342. The molecule has 0 spiro atoms. The normalized spacial score (nSPS) is 13.4. The summed E-state index contributed by atoms with van der Waals surface area (Å²) in [5, 5.41) is 14.0. The monoisotopic (exact) mass is 466 g/mol. The van der Waals surface area contributed by atoms with E-state index < -0.39 is 12.1 Å². The first kappa shape index (κ1) is 22.6. The maximum atomic E-state index is 12.0. The molecule has 6 nitrogen and oxygen atoms in total. The molecule has 0 amide bonds. The Morgan fingerprint density at radius 3 is 2.37 bits per heavy atom. The number of allylic oxidation sites excluding steroid dienone is 1. The molecule has 1 atom stereocenters. The van der Waals surface area contributed by atoms with Crippen molar-refractivity contribution < 1.29 is 19.2 Å². The van der Waals surface area contributed by atoms with E-state index in [-0.39, 0.29) is 12.3 Å². The van der Waals surface area contributed by atoms with E-state index in [9.17, 15) is 9.90 Å². The number of carbonyl (C=O) groups is 1. The summed E-state index contributed by atoms with van der Waals surface area (Å²) in [6.07, 6.45) is 5.48. The molecule has 0 aliphatic heterocycles. The average molecular weight is 467 g/mol. The second-order valence-corrected chi connectivity index (χ2v) is 8.55. The van der Waals surface area contributed by atoms with E-state index in [0.29, 0.717) is 23.9 Å². The van der Waals surface area contributed by atoms with E-state index in [4.69, 9.17) is 9.26 Å². The summed E-state index contributed by atoms with van der Waals surface area (Å²) in [6, 6.07) is 25.7. The Labute approximate surface area is 203 Å². The van der Waals surface area contributed by atoms with E-state index >= 15 is 0 Å². The fourth-order valence-electron chi connectivity index (χ4n) is 4.46. The molecule has 0 saturated heterocycles. The number of aryl methyl sites for hydroxylation is 1. The third-order valence-corrected chi connectivity index (χ3v) is 6.20. The van der Waals surface area contributed by atoms with Gasteiger partial charge in [-0.1, -0.05) is 90.1 Å². The zero-order valence-electron chi connectivity index (χ0n) is 19.2. The van der Waals surface area contributed by atoms with Crippen molar-refractivity contribution in [3.8, 4) is 5.75 Å². The summed E-state index contributed by atoms with van der Waals surface area (Å²) < 4.78 is 11.6. The number of benzene rings is 3. The molecule has 1 heterocycles. The minimum atomic E-state index is -1.01. The third kappa shape index (κ3) is 5.17. The first-order valence-corrected chi connectivity index (χ1v) is 11.8. The van der Waals surface area contributed by atoms with Gasteiger partial charge in [-0.05, 0) is 35.6 Å². The minimum Gasteiger partial charge on any atom is -0.479 e. The SMILES string of the molecule is O=C(O)C(CCc1noc(C(c2ccccc2)c2ccccc2)n1)Oc1cccc2c1CCC=C2. The van der Waals surface area contributed by atoms with Crippen molar-refractivity contribution >= 4 is 12.0 Å². The van der Waals surface area contributed by atoms with Gasteiger partial charge in [0.05, 0.1) is 5.92 Å². The van der Waals surface area contributed by atoms with Crippen molar-refractivity contribution in [3.05, 3.63) is 119 Å². The summed E-state index contributed by atoms with van der Waals surface area (Å²) in [4.78, 5) is 16.6. The summed E-state index contributed by atoms with van der Waals surface area (Å²) in [6.45, 7) is 0. The number of aromatic nitrogens is 2. The van der Waals surface area contributed by atoms with Gasteiger partial charge in [0, 0.05) is 18.4 Å². The number of hydrogen-bond acceptors (Lipinski definition) is 5. The van der Waals surface area contributed by atoms with Gasteiger partial charge >= 0.3 is 5.97 Å². The number of nitrogens with zero attached hydrogens (tertiary/aromatic N) is 2. The molecule has 5 rings (SSSR count). The van der Waals surface area contributed by atoms with Gasteiger partial charge in [0.2, 0.25) is 5.89 Å². The molecule has 1 N–H and O–H groups in total. The van der Waals surface area contributed by atoms with Gasteiger partial charge in [-0.3, -0.25) is 0 Å². The van der Waals surface area contributed by atoms with E-state index in [2.05, 4.69) is 22.3 Å². The molecule has 35 heavy (non-hydrogen) atoms. The summed E-state index contributed by atoms with van der Waals surface area (Å²) in [5.41, 5.74) is 4.22. The standard InChI is InChI=1S/C29H26N2O4/c32-29(33)25(34-24-17-9-15-20-10-7-8-16-23(20)24)18-19-26-30-28(35-31-26)27(21-11-3-1-4-12-21)22-13-5-2-6-14-22/h1-7,9-15,17,25,27H,8,16,18-19H2,(H,32,33). The van der Waals surface area contributed by atoms with Crippen LogP contribution in [0.25, 0.3) is 6.08 Å². The minimum absolute atomic E-state index is 0.200. The van der Waals surface area contributed by atoms with Gasteiger partial charge in [-0.25, -0.2) is 4.79 Å². The summed E-state index contributed by atoms with van der Waals surface area (Å²) in [5.74, 6) is 0.360.